The van der Waals surface area contributed by atoms with Gasteiger partial charge in [0.25, 0.3) is 0 Å². The average molecular weight is 163 g/mol. The Bertz CT molecular complexity index is 264. The zero-order valence-corrected chi connectivity index (χ0v) is 8.09. The Labute approximate surface area is 74.6 Å². The third kappa shape index (κ3) is 1.86. The van der Waals surface area contributed by atoms with Gasteiger partial charge in [-0.3, -0.25) is 0 Å². The molecule has 0 aliphatic heterocycles. The van der Waals surface area contributed by atoms with Gasteiger partial charge < -0.3 is 5.73 Å². The van der Waals surface area contributed by atoms with Crippen LogP contribution in [0.4, 0.5) is 0 Å². The van der Waals surface area contributed by atoms with Crippen molar-refractivity contribution in [3.05, 3.63) is 34.9 Å². The lowest BCUT2D eigenvalue weighted by Gasteiger charge is -2.09. The van der Waals surface area contributed by atoms with Crippen molar-refractivity contribution < 1.29 is 0 Å². The molecule has 1 aromatic carbocycles. The molecule has 0 heterocycles. The van der Waals surface area contributed by atoms with Crippen LogP contribution in [-0.4, -0.2) is 0 Å². The maximum absolute atomic E-state index is 5.79. The summed E-state index contributed by atoms with van der Waals surface area (Å²) in [4.78, 5) is 0. The Morgan fingerprint density at radius 1 is 1.42 bits per heavy atom. The van der Waals surface area contributed by atoms with E-state index in [0.29, 0.717) is 0 Å². The predicted octanol–water partition coefficient (Wildman–Crippen LogP) is 2.58. The van der Waals surface area contributed by atoms with Gasteiger partial charge in [0.1, 0.15) is 0 Å². The second-order valence-electron chi connectivity index (χ2n) is 3.33. The van der Waals surface area contributed by atoms with E-state index in [1.54, 1.807) is 0 Å². The van der Waals surface area contributed by atoms with Crippen LogP contribution in [0, 0.1) is 6.92 Å². The summed E-state index contributed by atoms with van der Waals surface area (Å²) in [6.07, 6.45) is 1.09. The van der Waals surface area contributed by atoms with Crippen molar-refractivity contribution in [1.29, 1.82) is 0 Å². The smallest absolute Gasteiger partial charge is 0.0266 e. The molecule has 0 saturated heterocycles. The second-order valence-corrected chi connectivity index (χ2v) is 3.33. The van der Waals surface area contributed by atoms with Gasteiger partial charge >= 0.3 is 0 Å². The zero-order valence-electron chi connectivity index (χ0n) is 8.09. The minimum atomic E-state index is 0.149. The van der Waals surface area contributed by atoms with E-state index in [9.17, 15) is 0 Å². The molecule has 0 saturated carbocycles. The highest BCUT2D eigenvalue weighted by atomic mass is 14.6. The third-order valence-corrected chi connectivity index (χ3v) is 2.28. The lowest BCUT2D eigenvalue weighted by molar-refractivity contribution is 0.814. The highest BCUT2D eigenvalue weighted by Gasteiger charge is 2.01. The van der Waals surface area contributed by atoms with E-state index >= 15 is 0 Å². The first-order chi connectivity index (χ1) is 5.65. The van der Waals surface area contributed by atoms with E-state index < -0.39 is 0 Å². The first-order valence-corrected chi connectivity index (χ1v) is 4.50. The van der Waals surface area contributed by atoms with Crippen LogP contribution in [0.1, 0.15) is 36.6 Å². The fourth-order valence-corrected chi connectivity index (χ4v) is 1.36. The van der Waals surface area contributed by atoms with E-state index in [0.717, 1.165) is 6.42 Å². The van der Waals surface area contributed by atoms with Gasteiger partial charge in [0.05, 0.1) is 0 Å². The first kappa shape index (κ1) is 9.27. The van der Waals surface area contributed by atoms with E-state index in [2.05, 4.69) is 32.0 Å². The molecule has 12 heavy (non-hydrogen) atoms. The Hall–Kier alpha value is -0.820. The van der Waals surface area contributed by atoms with Crippen molar-refractivity contribution in [3.8, 4) is 0 Å². The summed E-state index contributed by atoms with van der Waals surface area (Å²) in [6, 6.07) is 6.62. The molecule has 1 rings (SSSR count). The molecule has 66 valence electrons. The summed E-state index contributed by atoms with van der Waals surface area (Å²) in [5, 5.41) is 0. The SMILES string of the molecule is CCc1cc(C(C)N)ccc1C. The summed E-state index contributed by atoms with van der Waals surface area (Å²) in [6.45, 7) is 6.33. The van der Waals surface area contributed by atoms with E-state index in [1.165, 1.54) is 16.7 Å². The summed E-state index contributed by atoms with van der Waals surface area (Å²) in [5.41, 5.74) is 9.79. The second kappa shape index (κ2) is 3.72. The molecular formula is C11H17N. The Kier molecular flexibility index (Phi) is 2.88. The molecular weight excluding hydrogens is 146 g/mol. The number of aryl methyl sites for hydroxylation is 2. The Morgan fingerprint density at radius 2 is 2.08 bits per heavy atom. The molecule has 1 unspecified atom stereocenters. The molecule has 0 radical (unpaired) electrons. The molecule has 0 bridgehead atoms. The number of hydrogen-bond donors (Lipinski definition) is 1. The van der Waals surface area contributed by atoms with Crippen molar-refractivity contribution >= 4 is 0 Å². The fraction of sp³-hybridized carbons (Fsp3) is 0.455. The number of benzene rings is 1. The predicted molar refractivity (Wildman–Crippen MR) is 53.2 cm³/mol. The Morgan fingerprint density at radius 3 is 2.58 bits per heavy atom. The zero-order chi connectivity index (χ0) is 9.14. The van der Waals surface area contributed by atoms with Gasteiger partial charge in [-0.2, -0.15) is 0 Å². The summed E-state index contributed by atoms with van der Waals surface area (Å²) in [7, 11) is 0. The average Bonchev–Trinajstić information content (AvgIpc) is 2.05. The number of nitrogens with two attached hydrogens (primary N) is 1. The molecule has 0 aliphatic carbocycles. The fourth-order valence-electron chi connectivity index (χ4n) is 1.36. The van der Waals surface area contributed by atoms with Gasteiger partial charge in [-0.05, 0) is 37.0 Å². The molecule has 0 amide bonds. The maximum Gasteiger partial charge on any atom is 0.0266 e. The largest absolute Gasteiger partial charge is 0.324 e. The maximum atomic E-state index is 5.79. The lowest BCUT2D eigenvalue weighted by Crippen LogP contribution is -2.05. The van der Waals surface area contributed by atoms with Crippen LogP contribution in [0.25, 0.3) is 0 Å². The van der Waals surface area contributed by atoms with Crippen LogP contribution < -0.4 is 5.73 Å². The molecule has 1 aromatic rings. The van der Waals surface area contributed by atoms with Gasteiger partial charge in [-0.15, -0.1) is 0 Å². The first-order valence-electron chi connectivity index (χ1n) is 4.50. The standard InChI is InChI=1S/C11H17N/c1-4-10-7-11(9(3)12)6-5-8(10)2/h5-7,9H,4,12H2,1-3H3. The van der Waals surface area contributed by atoms with Crippen molar-refractivity contribution in [2.24, 2.45) is 5.73 Å². The van der Waals surface area contributed by atoms with Gasteiger partial charge in [0.2, 0.25) is 0 Å². The highest BCUT2D eigenvalue weighted by molar-refractivity contribution is 5.32. The lowest BCUT2D eigenvalue weighted by atomic mass is 10.00. The number of hydrogen-bond acceptors (Lipinski definition) is 1. The van der Waals surface area contributed by atoms with E-state index in [1.807, 2.05) is 6.92 Å². The highest BCUT2D eigenvalue weighted by Crippen LogP contribution is 2.15. The monoisotopic (exact) mass is 163 g/mol. The topological polar surface area (TPSA) is 26.0 Å². The van der Waals surface area contributed by atoms with Gasteiger partial charge in [0, 0.05) is 6.04 Å². The molecule has 1 nitrogen and oxygen atoms in total. The summed E-state index contributed by atoms with van der Waals surface area (Å²) < 4.78 is 0. The molecule has 0 spiro atoms. The normalized spacial score (nSPS) is 13.0. The minimum Gasteiger partial charge on any atom is -0.324 e. The van der Waals surface area contributed by atoms with Crippen molar-refractivity contribution in [2.45, 2.75) is 33.2 Å². The molecule has 0 aromatic heterocycles. The van der Waals surface area contributed by atoms with Crippen molar-refractivity contribution in [1.82, 2.24) is 0 Å². The van der Waals surface area contributed by atoms with Crippen LogP contribution in [-0.2, 0) is 6.42 Å². The van der Waals surface area contributed by atoms with Gasteiger partial charge in [-0.1, -0.05) is 25.1 Å². The molecule has 2 N–H and O–H groups in total. The Balaban J connectivity index is 3.05. The van der Waals surface area contributed by atoms with Crippen LogP contribution in [0.2, 0.25) is 0 Å². The van der Waals surface area contributed by atoms with Gasteiger partial charge in [0.15, 0.2) is 0 Å². The van der Waals surface area contributed by atoms with Crippen molar-refractivity contribution in [2.75, 3.05) is 0 Å². The van der Waals surface area contributed by atoms with Gasteiger partial charge in [-0.25, -0.2) is 0 Å². The van der Waals surface area contributed by atoms with Crippen molar-refractivity contribution in [3.63, 3.8) is 0 Å². The summed E-state index contributed by atoms with van der Waals surface area (Å²) >= 11 is 0. The molecule has 0 aliphatic rings. The third-order valence-electron chi connectivity index (χ3n) is 2.28. The quantitative estimate of drug-likeness (QED) is 0.712. The van der Waals surface area contributed by atoms with Crippen LogP contribution >= 0.6 is 0 Å². The minimum absolute atomic E-state index is 0.149. The van der Waals surface area contributed by atoms with Crippen LogP contribution in [0.5, 0.6) is 0 Å². The van der Waals surface area contributed by atoms with E-state index in [-0.39, 0.29) is 6.04 Å². The molecule has 1 atom stereocenters. The van der Waals surface area contributed by atoms with E-state index in [4.69, 9.17) is 5.73 Å². The number of rotatable bonds is 2. The molecule has 1 heteroatoms. The van der Waals surface area contributed by atoms with Crippen LogP contribution in [0.15, 0.2) is 18.2 Å². The van der Waals surface area contributed by atoms with Crippen LogP contribution in [0.3, 0.4) is 0 Å². The summed E-state index contributed by atoms with van der Waals surface area (Å²) in [5.74, 6) is 0. The molecule has 0 fully saturated rings.